The average Bonchev–Trinajstić information content (AvgIpc) is 2.68. The predicted molar refractivity (Wildman–Crippen MR) is 125 cm³/mol. The highest BCUT2D eigenvalue weighted by Crippen LogP contribution is 2.12. The number of quaternary nitrogens is 1. The standard InChI is InChI=1S/C17H38NO.C7H8O3S/c1-4-6-8-10-12-14-18(3,16-17-19)15-13-11-9-7-5-2;1-6-2-4-7(5-3-6)11(8,9)10/h19H,4-17H2,1-3H3;2-5H,1H3,(H,8,9,10)/q+1;/p-1. The Balaban J connectivity index is 0.000000642. The van der Waals surface area contributed by atoms with E-state index in [-0.39, 0.29) is 4.90 Å². The number of unbranched alkanes of at least 4 members (excludes halogenated alkanes) is 8. The SMILES string of the molecule is CCCCCCC[N+](C)(CCO)CCCCCCC.Cc1ccc(S(=O)(=O)[O-])cc1. The number of aryl methyl sites for hydroxylation is 1. The molecule has 0 aliphatic rings. The molecule has 6 heteroatoms. The second-order valence-electron chi connectivity index (χ2n) is 8.61. The second kappa shape index (κ2) is 16.7. The summed E-state index contributed by atoms with van der Waals surface area (Å²) < 4.78 is 32.2. The molecule has 0 amide bonds. The largest absolute Gasteiger partial charge is 0.744 e. The predicted octanol–water partition coefficient (Wildman–Crippen LogP) is 5.27. The van der Waals surface area contributed by atoms with Crippen molar-refractivity contribution >= 4 is 10.1 Å². The van der Waals surface area contributed by atoms with Crippen LogP contribution < -0.4 is 0 Å². The monoisotopic (exact) mass is 443 g/mol. The first kappa shape index (κ1) is 29.1. The van der Waals surface area contributed by atoms with Gasteiger partial charge >= 0.3 is 0 Å². The molecule has 0 saturated carbocycles. The van der Waals surface area contributed by atoms with Gasteiger partial charge in [0.1, 0.15) is 16.7 Å². The lowest BCUT2D eigenvalue weighted by Gasteiger charge is -2.34. The zero-order valence-electron chi connectivity index (χ0n) is 19.7. The molecule has 0 aliphatic carbocycles. The summed E-state index contributed by atoms with van der Waals surface area (Å²) in [5, 5.41) is 9.27. The van der Waals surface area contributed by atoms with Gasteiger partial charge in [0, 0.05) is 0 Å². The van der Waals surface area contributed by atoms with E-state index in [4.69, 9.17) is 0 Å². The third kappa shape index (κ3) is 14.9. The van der Waals surface area contributed by atoms with E-state index in [0.29, 0.717) is 6.61 Å². The number of hydrogen-bond acceptors (Lipinski definition) is 4. The van der Waals surface area contributed by atoms with Crippen molar-refractivity contribution in [2.24, 2.45) is 0 Å². The van der Waals surface area contributed by atoms with E-state index >= 15 is 0 Å². The summed E-state index contributed by atoms with van der Waals surface area (Å²) in [6, 6.07) is 5.78. The number of hydrogen-bond donors (Lipinski definition) is 1. The number of aliphatic hydroxyl groups excluding tert-OH is 1. The summed E-state index contributed by atoms with van der Waals surface area (Å²) >= 11 is 0. The smallest absolute Gasteiger partial charge is 0.124 e. The van der Waals surface area contributed by atoms with Gasteiger partial charge in [-0.05, 0) is 44.7 Å². The Morgan fingerprint density at radius 3 is 1.60 bits per heavy atom. The lowest BCUT2D eigenvalue weighted by Crippen LogP contribution is -2.47. The Hall–Kier alpha value is -0.950. The van der Waals surface area contributed by atoms with E-state index in [9.17, 15) is 18.1 Å². The molecule has 30 heavy (non-hydrogen) atoms. The number of likely N-dealkylation sites (N-methyl/N-ethyl adjacent to an activating group) is 1. The maximum Gasteiger partial charge on any atom is 0.124 e. The van der Waals surface area contributed by atoms with Crippen molar-refractivity contribution in [1.29, 1.82) is 0 Å². The van der Waals surface area contributed by atoms with Crippen LogP contribution in [0.1, 0.15) is 83.6 Å². The minimum atomic E-state index is -4.27. The van der Waals surface area contributed by atoms with Gasteiger partial charge in [-0.3, -0.25) is 0 Å². The molecule has 0 aromatic heterocycles. The molecule has 1 aromatic carbocycles. The fraction of sp³-hybridized carbons (Fsp3) is 0.750. The minimum Gasteiger partial charge on any atom is -0.744 e. The Bertz CT molecular complexity index is 615. The molecule has 0 unspecified atom stereocenters. The van der Waals surface area contributed by atoms with Gasteiger partial charge in [-0.25, -0.2) is 8.42 Å². The van der Waals surface area contributed by atoms with Crippen LogP contribution in [0.4, 0.5) is 0 Å². The van der Waals surface area contributed by atoms with Crippen LogP contribution in [-0.2, 0) is 10.1 Å². The van der Waals surface area contributed by atoms with Crippen LogP contribution in [-0.4, -0.2) is 55.8 Å². The Labute approximate surface area is 185 Å². The maximum absolute atomic E-state index is 10.4. The van der Waals surface area contributed by atoms with Crippen molar-refractivity contribution < 1.29 is 22.6 Å². The summed E-state index contributed by atoms with van der Waals surface area (Å²) in [6.45, 7) is 10.1. The average molecular weight is 444 g/mol. The molecular weight excluding hydrogens is 398 g/mol. The summed E-state index contributed by atoms with van der Waals surface area (Å²) in [5.74, 6) is 0. The number of rotatable bonds is 15. The summed E-state index contributed by atoms with van der Waals surface area (Å²) in [6.07, 6.45) is 13.5. The first-order valence-electron chi connectivity index (χ1n) is 11.7. The van der Waals surface area contributed by atoms with Crippen LogP contribution in [0.25, 0.3) is 0 Å². The lowest BCUT2D eigenvalue weighted by molar-refractivity contribution is -0.910. The van der Waals surface area contributed by atoms with Crippen molar-refractivity contribution in [3.8, 4) is 0 Å². The van der Waals surface area contributed by atoms with Crippen molar-refractivity contribution in [1.82, 2.24) is 0 Å². The molecule has 0 fully saturated rings. The van der Waals surface area contributed by atoms with Gasteiger partial charge in [0.25, 0.3) is 0 Å². The number of aliphatic hydroxyl groups is 1. The van der Waals surface area contributed by atoms with E-state index in [1.54, 1.807) is 12.1 Å². The molecule has 1 N–H and O–H groups in total. The minimum absolute atomic E-state index is 0.178. The topological polar surface area (TPSA) is 77.4 Å². The molecule has 0 radical (unpaired) electrons. The molecule has 0 aliphatic heterocycles. The fourth-order valence-corrected chi connectivity index (χ4v) is 3.95. The quantitative estimate of drug-likeness (QED) is 0.228. The maximum atomic E-state index is 10.4. The lowest BCUT2D eigenvalue weighted by atomic mass is 10.1. The van der Waals surface area contributed by atoms with Crippen molar-refractivity contribution in [2.75, 3.05) is 33.3 Å². The highest BCUT2D eigenvalue weighted by Gasteiger charge is 2.19. The third-order valence-corrected chi connectivity index (χ3v) is 6.40. The highest BCUT2D eigenvalue weighted by atomic mass is 32.2. The molecule has 0 spiro atoms. The van der Waals surface area contributed by atoms with E-state index in [1.165, 1.54) is 89.4 Å². The number of nitrogens with zero attached hydrogens (tertiary/aromatic N) is 1. The van der Waals surface area contributed by atoms with E-state index < -0.39 is 10.1 Å². The van der Waals surface area contributed by atoms with Crippen molar-refractivity contribution in [3.05, 3.63) is 29.8 Å². The van der Waals surface area contributed by atoms with Crippen LogP contribution in [0.3, 0.4) is 0 Å². The molecule has 0 bridgehead atoms. The van der Waals surface area contributed by atoms with Crippen LogP contribution >= 0.6 is 0 Å². The van der Waals surface area contributed by atoms with E-state index in [1.807, 2.05) is 6.92 Å². The van der Waals surface area contributed by atoms with Gasteiger partial charge in [-0.2, -0.15) is 0 Å². The number of benzene rings is 1. The van der Waals surface area contributed by atoms with Gasteiger partial charge in [0.2, 0.25) is 0 Å². The van der Waals surface area contributed by atoms with E-state index in [0.717, 1.165) is 16.6 Å². The normalized spacial score (nSPS) is 11.8. The van der Waals surface area contributed by atoms with Crippen molar-refractivity contribution in [2.45, 2.75) is 89.9 Å². The molecular formula is C24H45NO4S. The van der Waals surface area contributed by atoms with Gasteiger partial charge in [0.05, 0.1) is 31.6 Å². The summed E-state index contributed by atoms with van der Waals surface area (Å²) in [4.78, 5) is -0.178. The first-order valence-corrected chi connectivity index (χ1v) is 13.1. The molecule has 1 aromatic rings. The molecule has 5 nitrogen and oxygen atoms in total. The molecule has 176 valence electrons. The molecule has 0 saturated heterocycles. The molecule has 1 rings (SSSR count). The van der Waals surface area contributed by atoms with Crippen LogP contribution in [0, 0.1) is 6.92 Å². The summed E-state index contributed by atoms with van der Waals surface area (Å²) in [5.41, 5.74) is 0.928. The molecule has 0 heterocycles. The molecule has 0 atom stereocenters. The van der Waals surface area contributed by atoms with Crippen LogP contribution in [0.2, 0.25) is 0 Å². The second-order valence-corrected chi connectivity index (χ2v) is 9.99. The Morgan fingerprint density at radius 2 is 1.23 bits per heavy atom. The summed E-state index contributed by atoms with van der Waals surface area (Å²) in [7, 11) is -1.94. The Morgan fingerprint density at radius 1 is 0.800 bits per heavy atom. The first-order chi connectivity index (χ1) is 14.2. The van der Waals surface area contributed by atoms with E-state index in [2.05, 4.69) is 20.9 Å². The Kier molecular flexibility index (Phi) is 16.2. The highest BCUT2D eigenvalue weighted by molar-refractivity contribution is 7.85. The van der Waals surface area contributed by atoms with Gasteiger partial charge in [-0.15, -0.1) is 0 Å². The van der Waals surface area contributed by atoms with Crippen LogP contribution in [0.5, 0.6) is 0 Å². The fourth-order valence-electron chi connectivity index (χ4n) is 3.48. The van der Waals surface area contributed by atoms with Crippen molar-refractivity contribution in [3.63, 3.8) is 0 Å². The van der Waals surface area contributed by atoms with Crippen LogP contribution in [0.15, 0.2) is 29.2 Å². The third-order valence-electron chi connectivity index (χ3n) is 5.55. The van der Waals surface area contributed by atoms with Gasteiger partial charge in [0.15, 0.2) is 0 Å². The van der Waals surface area contributed by atoms with Gasteiger partial charge < -0.3 is 14.1 Å². The zero-order valence-corrected chi connectivity index (χ0v) is 20.6. The van der Waals surface area contributed by atoms with Gasteiger partial charge in [-0.1, -0.05) is 70.1 Å². The zero-order chi connectivity index (χ0) is 22.9.